The Bertz CT molecular complexity index is 453. The molecule has 0 saturated heterocycles. The van der Waals surface area contributed by atoms with Crippen molar-refractivity contribution in [2.24, 2.45) is 0 Å². The molecule has 1 heterocycles. The quantitative estimate of drug-likeness (QED) is 0.861. The summed E-state index contributed by atoms with van der Waals surface area (Å²) in [4.78, 5) is 0. The number of halogens is 1. The van der Waals surface area contributed by atoms with Gasteiger partial charge in [-0.05, 0) is 17.7 Å². The third-order valence-corrected chi connectivity index (χ3v) is 2.13. The van der Waals surface area contributed by atoms with Crippen LogP contribution in [0.5, 0.6) is 0 Å². The molecular formula is C11H12FN3O. The van der Waals surface area contributed by atoms with Crippen molar-refractivity contribution >= 4 is 6.01 Å². The summed E-state index contributed by atoms with van der Waals surface area (Å²) in [5.41, 5.74) is 0.956. The van der Waals surface area contributed by atoms with E-state index in [9.17, 15) is 4.39 Å². The van der Waals surface area contributed by atoms with Gasteiger partial charge >= 0.3 is 6.01 Å². The Kier molecular flexibility index (Phi) is 3.14. The van der Waals surface area contributed by atoms with Crippen LogP contribution in [0.2, 0.25) is 0 Å². The van der Waals surface area contributed by atoms with Crippen LogP contribution in [0, 0.1) is 5.82 Å². The standard InChI is InChI=1S/C11H12FN3O/c1-2-10-14-15-11(16-10)13-7-8-3-5-9(12)6-4-8/h3-6H,2,7H2,1H3,(H,13,15). The zero-order valence-electron chi connectivity index (χ0n) is 8.90. The number of anilines is 1. The Labute approximate surface area is 92.5 Å². The Morgan fingerprint density at radius 2 is 2.00 bits per heavy atom. The first-order chi connectivity index (χ1) is 7.78. The van der Waals surface area contributed by atoms with Gasteiger partial charge in [0, 0.05) is 13.0 Å². The molecule has 0 radical (unpaired) electrons. The first-order valence-electron chi connectivity index (χ1n) is 5.08. The predicted octanol–water partition coefficient (Wildman–Crippen LogP) is 2.38. The number of hydrogen-bond acceptors (Lipinski definition) is 4. The molecule has 0 unspecified atom stereocenters. The van der Waals surface area contributed by atoms with Gasteiger partial charge in [0.15, 0.2) is 0 Å². The van der Waals surface area contributed by atoms with E-state index >= 15 is 0 Å². The van der Waals surface area contributed by atoms with Crippen molar-refractivity contribution in [1.82, 2.24) is 10.2 Å². The van der Waals surface area contributed by atoms with Gasteiger partial charge in [-0.25, -0.2) is 4.39 Å². The Hall–Kier alpha value is -1.91. The lowest BCUT2D eigenvalue weighted by atomic mass is 10.2. The summed E-state index contributed by atoms with van der Waals surface area (Å²) in [6, 6.07) is 6.64. The van der Waals surface area contributed by atoms with Crippen LogP contribution in [0.15, 0.2) is 28.7 Å². The molecule has 0 spiro atoms. The molecule has 5 heteroatoms. The SMILES string of the molecule is CCc1nnc(NCc2ccc(F)cc2)o1. The number of nitrogens with zero attached hydrogens (tertiary/aromatic N) is 2. The van der Waals surface area contributed by atoms with Crippen LogP contribution in [0.1, 0.15) is 18.4 Å². The molecule has 0 fully saturated rings. The average molecular weight is 221 g/mol. The molecule has 84 valence electrons. The predicted molar refractivity (Wildman–Crippen MR) is 57.4 cm³/mol. The molecule has 0 amide bonds. The summed E-state index contributed by atoms with van der Waals surface area (Å²) in [6.45, 7) is 2.48. The number of aryl methyl sites for hydroxylation is 1. The summed E-state index contributed by atoms with van der Waals surface area (Å²) in [6.07, 6.45) is 0.714. The van der Waals surface area contributed by atoms with Gasteiger partial charge in [0.25, 0.3) is 0 Å². The highest BCUT2D eigenvalue weighted by Gasteiger charge is 2.02. The lowest BCUT2D eigenvalue weighted by molar-refractivity contribution is 0.511. The van der Waals surface area contributed by atoms with Gasteiger partial charge in [-0.1, -0.05) is 24.2 Å². The number of nitrogens with one attached hydrogen (secondary N) is 1. The van der Waals surface area contributed by atoms with Gasteiger partial charge in [-0.15, -0.1) is 5.10 Å². The lowest BCUT2D eigenvalue weighted by Gasteiger charge is -2.00. The average Bonchev–Trinajstić information content (AvgIpc) is 2.76. The molecule has 2 rings (SSSR count). The normalized spacial score (nSPS) is 10.4. The first kappa shape index (κ1) is 10.6. The van der Waals surface area contributed by atoms with Gasteiger partial charge in [-0.2, -0.15) is 0 Å². The van der Waals surface area contributed by atoms with Crippen LogP contribution in [0.25, 0.3) is 0 Å². The lowest BCUT2D eigenvalue weighted by Crippen LogP contribution is -1.99. The summed E-state index contributed by atoms with van der Waals surface area (Å²) in [7, 11) is 0. The van der Waals surface area contributed by atoms with E-state index in [2.05, 4.69) is 15.5 Å². The Balaban J connectivity index is 1.94. The number of benzene rings is 1. The summed E-state index contributed by atoms with van der Waals surface area (Å²) < 4.78 is 17.9. The van der Waals surface area contributed by atoms with Crippen molar-refractivity contribution < 1.29 is 8.81 Å². The fourth-order valence-electron chi connectivity index (χ4n) is 1.25. The third kappa shape index (κ3) is 2.56. The maximum Gasteiger partial charge on any atom is 0.315 e. The van der Waals surface area contributed by atoms with E-state index in [4.69, 9.17) is 4.42 Å². The summed E-state index contributed by atoms with van der Waals surface area (Å²) in [5.74, 6) is 0.358. The molecule has 1 aromatic carbocycles. The zero-order valence-corrected chi connectivity index (χ0v) is 8.90. The van der Waals surface area contributed by atoms with Gasteiger partial charge in [0.2, 0.25) is 5.89 Å². The van der Waals surface area contributed by atoms with Crippen LogP contribution >= 0.6 is 0 Å². The topological polar surface area (TPSA) is 51.0 Å². The molecule has 0 aliphatic rings. The maximum atomic E-state index is 12.6. The van der Waals surface area contributed by atoms with E-state index in [-0.39, 0.29) is 5.82 Å². The number of hydrogen-bond donors (Lipinski definition) is 1. The van der Waals surface area contributed by atoms with Crippen LogP contribution < -0.4 is 5.32 Å². The van der Waals surface area contributed by atoms with Gasteiger partial charge in [0.1, 0.15) is 5.82 Å². The molecule has 16 heavy (non-hydrogen) atoms. The second-order valence-electron chi connectivity index (χ2n) is 3.33. The van der Waals surface area contributed by atoms with Crippen LogP contribution in [-0.2, 0) is 13.0 Å². The minimum absolute atomic E-state index is 0.241. The van der Waals surface area contributed by atoms with Crippen molar-refractivity contribution in [2.45, 2.75) is 19.9 Å². The van der Waals surface area contributed by atoms with Crippen molar-refractivity contribution in [2.75, 3.05) is 5.32 Å². The van der Waals surface area contributed by atoms with Gasteiger partial charge in [0.05, 0.1) is 0 Å². The second kappa shape index (κ2) is 4.74. The number of aromatic nitrogens is 2. The van der Waals surface area contributed by atoms with Crippen molar-refractivity contribution in [3.63, 3.8) is 0 Å². The van der Waals surface area contributed by atoms with Gasteiger partial charge < -0.3 is 9.73 Å². The van der Waals surface area contributed by atoms with Gasteiger partial charge in [-0.3, -0.25) is 0 Å². The summed E-state index contributed by atoms with van der Waals surface area (Å²) >= 11 is 0. The maximum absolute atomic E-state index is 12.6. The summed E-state index contributed by atoms with van der Waals surface area (Å²) in [5, 5.41) is 10.6. The van der Waals surface area contributed by atoms with Crippen LogP contribution in [0.4, 0.5) is 10.4 Å². The molecule has 4 nitrogen and oxygen atoms in total. The minimum atomic E-state index is -0.241. The van der Waals surface area contributed by atoms with E-state index in [1.807, 2.05) is 6.92 Å². The largest absolute Gasteiger partial charge is 0.408 e. The Morgan fingerprint density at radius 3 is 2.62 bits per heavy atom. The van der Waals surface area contributed by atoms with Crippen molar-refractivity contribution in [3.8, 4) is 0 Å². The van der Waals surface area contributed by atoms with Crippen LogP contribution in [0.3, 0.4) is 0 Å². The van der Waals surface area contributed by atoms with Crippen molar-refractivity contribution in [3.05, 3.63) is 41.5 Å². The molecule has 1 N–H and O–H groups in total. The Morgan fingerprint density at radius 1 is 1.25 bits per heavy atom. The number of rotatable bonds is 4. The molecule has 0 bridgehead atoms. The third-order valence-electron chi connectivity index (χ3n) is 2.13. The van der Waals surface area contributed by atoms with E-state index in [1.54, 1.807) is 12.1 Å². The fourth-order valence-corrected chi connectivity index (χ4v) is 1.25. The minimum Gasteiger partial charge on any atom is -0.408 e. The van der Waals surface area contributed by atoms with E-state index in [1.165, 1.54) is 12.1 Å². The highest BCUT2D eigenvalue weighted by Crippen LogP contribution is 2.08. The highest BCUT2D eigenvalue weighted by molar-refractivity contribution is 5.23. The zero-order chi connectivity index (χ0) is 11.4. The molecular weight excluding hydrogens is 209 g/mol. The molecule has 0 aliphatic carbocycles. The van der Waals surface area contributed by atoms with E-state index in [0.29, 0.717) is 24.9 Å². The molecule has 1 aromatic heterocycles. The van der Waals surface area contributed by atoms with E-state index in [0.717, 1.165) is 5.56 Å². The second-order valence-corrected chi connectivity index (χ2v) is 3.33. The smallest absolute Gasteiger partial charge is 0.315 e. The van der Waals surface area contributed by atoms with Crippen molar-refractivity contribution in [1.29, 1.82) is 0 Å². The highest BCUT2D eigenvalue weighted by atomic mass is 19.1. The monoisotopic (exact) mass is 221 g/mol. The molecule has 0 aliphatic heterocycles. The molecule has 2 aromatic rings. The fraction of sp³-hybridized carbons (Fsp3) is 0.273. The molecule has 0 saturated carbocycles. The van der Waals surface area contributed by atoms with E-state index < -0.39 is 0 Å². The molecule has 0 atom stereocenters. The van der Waals surface area contributed by atoms with Crippen LogP contribution in [-0.4, -0.2) is 10.2 Å². The first-order valence-corrected chi connectivity index (χ1v) is 5.08.